The van der Waals surface area contributed by atoms with Gasteiger partial charge in [-0.05, 0) is 25.0 Å². The molecule has 0 aliphatic heterocycles. The standard InChI is InChI=1S/C13H17F2NO2/c1-3-13(2,18)8-16-12(17)6-9-4-5-10(14)7-11(9)15/h4-5,7,18H,3,6,8H2,1-2H3,(H,16,17). The molecule has 0 fully saturated rings. The van der Waals surface area contributed by atoms with Crippen molar-refractivity contribution in [3.05, 3.63) is 35.4 Å². The van der Waals surface area contributed by atoms with E-state index in [1.165, 1.54) is 6.07 Å². The fourth-order valence-electron chi connectivity index (χ4n) is 1.31. The van der Waals surface area contributed by atoms with Gasteiger partial charge in [0.15, 0.2) is 0 Å². The third-order valence-corrected chi connectivity index (χ3v) is 2.79. The molecule has 100 valence electrons. The van der Waals surface area contributed by atoms with Crippen molar-refractivity contribution in [3.63, 3.8) is 0 Å². The van der Waals surface area contributed by atoms with Gasteiger partial charge >= 0.3 is 0 Å². The highest BCUT2D eigenvalue weighted by Crippen LogP contribution is 2.10. The lowest BCUT2D eigenvalue weighted by Gasteiger charge is -2.21. The molecule has 1 amide bonds. The summed E-state index contributed by atoms with van der Waals surface area (Å²) in [5.74, 6) is -1.83. The molecule has 0 aliphatic carbocycles. The highest BCUT2D eigenvalue weighted by molar-refractivity contribution is 5.78. The van der Waals surface area contributed by atoms with Crippen LogP contribution in [0.4, 0.5) is 8.78 Å². The first-order valence-electron chi connectivity index (χ1n) is 5.77. The molecule has 0 radical (unpaired) electrons. The molecule has 1 unspecified atom stereocenters. The minimum absolute atomic E-state index is 0.102. The van der Waals surface area contributed by atoms with Crippen LogP contribution in [-0.2, 0) is 11.2 Å². The maximum Gasteiger partial charge on any atom is 0.224 e. The molecule has 0 saturated carbocycles. The van der Waals surface area contributed by atoms with Gasteiger partial charge in [0.05, 0.1) is 12.0 Å². The summed E-state index contributed by atoms with van der Waals surface area (Å²) in [6.07, 6.45) is 0.324. The first kappa shape index (κ1) is 14.6. The molecule has 18 heavy (non-hydrogen) atoms. The second-order valence-electron chi connectivity index (χ2n) is 4.54. The van der Waals surface area contributed by atoms with E-state index in [1.54, 1.807) is 13.8 Å². The second-order valence-corrected chi connectivity index (χ2v) is 4.54. The van der Waals surface area contributed by atoms with E-state index in [-0.39, 0.29) is 18.5 Å². The van der Waals surface area contributed by atoms with Crippen LogP contribution in [0, 0.1) is 11.6 Å². The first-order chi connectivity index (χ1) is 8.34. The summed E-state index contributed by atoms with van der Waals surface area (Å²) >= 11 is 0. The van der Waals surface area contributed by atoms with Crippen molar-refractivity contribution in [2.24, 2.45) is 0 Å². The highest BCUT2D eigenvalue weighted by atomic mass is 19.1. The molecule has 3 nitrogen and oxygen atoms in total. The molecule has 0 spiro atoms. The van der Waals surface area contributed by atoms with Gasteiger partial charge in [0.2, 0.25) is 5.91 Å². The average Bonchev–Trinajstić information content (AvgIpc) is 2.30. The Hall–Kier alpha value is -1.49. The van der Waals surface area contributed by atoms with E-state index in [0.29, 0.717) is 6.42 Å². The monoisotopic (exact) mass is 257 g/mol. The lowest BCUT2D eigenvalue weighted by molar-refractivity contribution is -0.121. The maximum atomic E-state index is 13.3. The molecule has 0 aliphatic rings. The Balaban J connectivity index is 2.55. The van der Waals surface area contributed by atoms with Crippen molar-refractivity contribution in [1.82, 2.24) is 5.32 Å². The maximum absolute atomic E-state index is 13.3. The quantitative estimate of drug-likeness (QED) is 0.844. The van der Waals surface area contributed by atoms with E-state index < -0.39 is 23.1 Å². The third-order valence-electron chi connectivity index (χ3n) is 2.79. The van der Waals surface area contributed by atoms with E-state index in [9.17, 15) is 18.7 Å². The Morgan fingerprint density at radius 1 is 1.44 bits per heavy atom. The lowest BCUT2D eigenvalue weighted by Crippen LogP contribution is -2.40. The van der Waals surface area contributed by atoms with Gasteiger partial charge in [-0.3, -0.25) is 4.79 Å². The van der Waals surface area contributed by atoms with E-state index >= 15 is 0 Å². The van der Waals surface area contributed by atoms with Gasteiger partial charge in [0.1, 0.15) is 11.6 Å². The number of amides is 1. The van der Waals surface area contributed by atoms with E-state index in [4.69, 9.17) is 0 Å². The van der Waals surface area contributed by atoms with Crippen LogP contribution >= 0.6 is 0 Å². The summed E-state index contributed by atoms with van der Waals surface area (Å²) in [7, 11) is 0. The summed E-state index contributed by atoms with van der Waals surface area (Å²) in [6, 6.07) is 3.08. The van der Waals surface area contributed by atoms with Crippen LogP contribution in [0.5, 0.6) is 0 Å². The number of hydrogen-bond acceptors (Lipinski definition) is 2. The zero-order valence-corrected chi connectivity index (χ0v) is 10.5. The summed E-state index contributed by atoms with van der Waals surface area (Å²) in [5, 5.41) is 12.2. The van der Waals surface area contributed by atoms with Gasteiger partial charge < -0.3 is 10.4 Å². The minimum atomic E-state index is -0.975. The Morgan fingerprint density at radius 2 is 2.11 bits per heavy atom. The SMILES string of the molecule is CCC(C)(O)CNC(=O)Cc1ccc(F)cc1F. The summed E-state index contributed by atoms with van der Waals surface area (Å²) in [4.78, 5) is 11.5. The van der Waals surface area contributed by atoms with E-state index in [1.807, 2.05) is 0 Å². The molecule has 0 bridgehead atoms. The van der Waals surface area contributed by atoms with Crippen LogP contribution in [0.2, 0.25) is 0 Å². The fourth-order valence-corrected chi connectivity index (χ4v) is 1.31. The number of benzene rings is 1. The van der Waals surface area contributed by atoms with Gasteiger partial charge in [-0.25, -0.2) is 8.78 Å². The third kappa shape index (κ3) is 4.41. The lowest BCUT2D eigenvalue weighted by atomic mass is 10.0. The van der Waals surface area contributed by atoms with Gasteiger partial charge in [0.25, 0.3) is 0 Å². The van der Waals surface area contributed by atoms with Gasteiger partial charge in [-0.2, -0.15) is 0 Å². The van der Waals surface area contributed by atoms with Crippen LogP contribution in [0.3, 0.4) is 0 Å². The van der Waals surface area contributed by atoms with Gasteiger partial charge in [-0.15, -0.1) is 0 Å². The predicted octanol–water partition coefficient (Wildman–Crippen LogP) is 1.78. The fraction of sp³-hybridized carbons (Fsp3) is 0.462. The second kappa shape index (κ2) is 5.91. The molecule has 0 saturated heterocycles. The Labute approximate surface area is 105 Å². The van der Waals surface area contributed by atoms with Crippen molar-refractivity contribution in [2.75, 3.05) is 6.54 Å². The number of halogens is 2. The topological polar surface area (TPSA) is 49.3 Å². The molecule has 5 heteroatoms. The zero-order chi connectivity index (χ0) is 13.8. The average molecular weight is 257 g/mol. The minimum Gasteiger partial charge on any atom is -0.388 e. The van der Waals surface area contributed by atoms with Crippen LogP contribution in [0.25, 0.3) is 0 Å². The number of aliphatic hydroxyl groups is 1. The highest BCUT2D eigenvalue weighted by Gasteiger charge is 2.18. The van der Waals surface area contributed by atoms with Crippen LogP contribution in [-0.4, -0.2) is 23.2 Å². The van der Waals surface area contributed by atoms with Crippen molar-refractivity contribution in [2.45, 2.75) is 32.3 Å². The molecule has 1 atom stereocenters. The number of carbonyl (C=O) groups excluding carboxylic acids is 1. The number of nitrogens with one attached hydrogen (secondary N) is 1. The zero-order valence-electron chi connectivity index (χ0n) is 10.5. The van der Waals surface area contributed by atoms with Crippen LogP contribution in [0.1, 0.15) is 25.8 Å². The summed E-state index contributed by atoms with van der Waals surface area (Å²) in [6.45, 7) is 3.50. The van der Waals surface area contributed by atoms with Crippen LogP contribution in [0.15, 0.2) is 18.2 Å². The molecular formula is C13H17F2NO2. The van der Waals surface area contributed by atoms with E-state index in [2.05, 4.69) is 5.32 Å². The first-order valence-corrected chi connectivity index (χ1v) is 5.77. The molecule has 1 aromatic rings. The molecular weight excluding hydrogens is 240 g/mol. The Morgan fingerprint density at radius 3 is 2.67 bits per heavy atom. The van der Waals surface area contributed by atoms with Gasteiger partial charge in [0, 0.05) is 12.6 Å². The van der Waals surface area contributed by atoms with E-state index in [0.717, 1.165) is 12.1 Å². The molecule has 0 heterocycles. The molecule has 2 N–H and O–H groups in total. The van der Waals surface area contributed by atoms with Crippen molar-refractivity contribution >= 4 is 5.91 Å². The van der Waals surface area contributed by atoms with Gasteiger partial charge in [-0.1, -0.05) is 13.0 Å². The Kier molecular flexibility index (Phi) is 4.78. The van der Waals surface area contributed by atoms with Crippen LogP contribution < -0.4 is 5.32 Å². The van der Waals surface area contributed by atoms with Crippen molar-refractivity contribution < 1.29 is 18.7 Å². The summed E-state index contributed by atoms with van der Waals surface area (Å²) in [5.41, 5.74) is -0.846. The Bertz CT molecular complexity index is 433. The molecule has 1 aromatic carbocycles. The smallest absolute Gasteiger partial charge is 0.224 e. The predicted molar refractivity (Wildman–Crippen MR) is 64.0 cm³/mol. The van der Waals surface area contributed by atoms with Crippen molar-refractivity contribution in [3.8, 4) is 0 Å². The largest absolute Gasteiger partial charge is 0.388 e. The number of hydrogen-bond donors (Lipinski definition) is 2. The summed E-state index contributed by atoms with van der Waals surface area (Å²) < 4.78 is 25.9. The molecule has 1 rings (SSSR count). The normalized spacial score (nSPS) is 14.1. The molecule has 0 aromatic heterocycles. The van der Waals surface area contributed by atoms with Crippen molar-refractivity contribution in [1.29, 1.82) is 0 Å². The number of rotatable bonds is 5. The number of carbonyl (C=O) groups is 1.